The van der Waals surface area contributed by atoms with Crippen LogP contribution in [-0.4, -0.2) is 6.71 Å². The highest BCUT2D eigenvalue weighted by atomic mass is 16.3. The van der Waals surface area contributed by atoms with Crippen LogP contribution in [0.15, 0.2) is 236 Å². The summed E-state index contributed by atoms with van der Waals surface area (Å²) in [7, 11) is 0. The van der Waals surface area contributed by atoms with Gasteiger partial charge in [0.15, 0.2) is 6.71 Å². The molecule has 3 aromatic heterocycles. The number of para-hydroxylation sites is 3. The van der Waals surface area contributed by atoms with Crippen molar-refractivity contribution in [3.8, 4) is 0 Å². The normalized spacial score (nSPS) is 26.9. The molecule has 6 aliphatic rings. The number of hydrogen-bond acceptors (Lipinski definition) is 3. The molecule has 0 radical (unpaired) electrons. The minimum absolute atomic E-state index is 0.0527. The van der Waals surface area contributed by atoms with E-state index in [0.717, 1.165) is 33.5 Å². The van der Waals surface area contributed by atoms with Crippen LogP contribution in [0.3, 0.4) is 0 Å². The monoisotopic (exact) mass is 858 g/mol. The first-order valence-corrected chi connectivity index (χ1v) is 24.2. The van der Waals surface area contributed by atoms with Crippen molar-refractivity contribution < 1.29 is 13.3 Å². The van der Waals surface area contributed by atoms with Crippen LogP contribution in [0.5, 0.6) is 0 Å². The molecule has 3 saturated heterocycles. The Morgan fingerprint density at radius 3 is 1.49 bits per heavy atom. The molecule has 7 aromatic carbocycles. The van der Waals surface area contributed by atoms with Gasteiger partial charge < -0.3 is 13.3 Å². The van der Waals surface area contributed by atoms with Crippen LogP contribution >= 0.6 is 0 Å². The first-order chi connectivity index (χ1) is 33.3. The summed E-state index contributed by atoms with van der Waals surface area (Å²) < 4.78 is 20.1. The van der Waals surface area contributed by atoms with Gasteiger partial charge in [0.1, 0.15) is 33.5 Å². The molecule has 0 spiro atoms. The summed E-state index contributed by atoms with van der Waals surface area (Å²) in [4.78, 5) is 0. The summed E-state index contributed by atoms with van der Waals surface area (Å²) in [6, 6.07) is 57.7. The highest BCUT2D eigenvalue weighted by Crippen LogP contribution is 2.75. The molecular formula is C63H43BO3. The van der Waals surface area contributed by atoms with E-state index in [0.29, 0.717) is 18.3 Å². The van der Waals surface area contributed by atoms with Crippen molar-refractivity contribution in [3.63, 3.8) is 0 Å². The van der Waals surface area contributed by atoms with Crippen LogP contribution in [-0.2, 0) is 0 Å². The standard InChI is InChI=1S/C63H43BO3/c1-2-15-35(16-3-1)36-33-47-56(41-21-13-31-53-59(41)38-18-5-8-28-50(38)66-53)45-25-10-23-43-55(40-20-12-30-52-58(40)37-17-4-7-27-49(37)65-52)44-24-11-26-46-57(48(34-36)63(47)64(61(43)45)62(44)46)42-22-14-32-54-60(42)39-19-6-9-29-51(39)67-54/h1-34,43-44,47,55-57,61-63H. The fourth-order valence-electron chi connectivity index (χ4n) is 15.2. The maximum Gasteiger partial charge on any atom is 0.165 e. The van der Waals surface area contributed by atoms with Gasteiger partial charge in [0.25, 0.3) is 0 Å². The largest absolute Gasteiger partial charge is 0.456 e. The Hall–Kier alpha value is -7.56. The highest BCUT2D eigenvalue weighted by Gasteiger charge is 2.66. The fraction of sp³-hybridized carbons (Fsp3) is 0.143. The van der Waals surface area contributed by atoms with E-state index in [1.165, 1.54) is 60.1 Å². The molecular weight excluding hydrogens is 816 g/mol. The summed E-state index contributed by atoms with van der Waals surface area (Å²) in [6.45, 7) is 0.386. The number of furan rings is 3. The molecule has 4 heteroatoms. The zero-order valence-corrected chi connectivity index (χ0v) is 36.6. The molecule has 3 aliphatic carbocycles. The molecule has 9 unspecified atom stereocenters. The average molecular weight is 859 g/mol. The molecule has 3 aliphatic heterocycles. The van der Waals surface area contributed by atoms with E-state index < -0.39 is 0 Å². The third kappa shape index (κ3) is 4.87. The molecule has 0 amide bonds. The molecule has 67 heavy (non-hydrogen) atoms. The van der Waals surface area contributed by atoms with Gasteiger partial charge in [-0.15, -0.1) is 0 Å². The van der Waals surface area contributed by atoms with Crippen LogP contribution in [0, 0.1) is 17.8 Å². The SMILES string of the molecule is C1=CC2C3B4C5C(=CC(c6ccccc6)=CC5C(c5cccc6oc7ccccc7c56)C5=CC=CC(C45)C2c2cccc4oc5ccccc5c24)C(c2cccc4oc5ccccc5c24)C3=C1. The van der Waals surface area contributed by atoms with Gasteiger partial charge in [-0.25, -0.2) is 0 Å². The van der Waals surface area contributed by atoms with Crippen molar-refractivity contribution >= 4 is 78.1 Å². The summed E-state index contributed by atoms with van der Waals surface area (Å²) in [6.07, 6.45) is 20.5. The summed E-state index contributed by atoms with van der Waals surface area (Å²) in [5, 5.41) is 7.35. The molecule has 316 valence electrons. The molecule has 9 atom stereocenters. The van der Waals surface area contributed by atoms with E-state index in [2.05, 4.69) is 206 Å². The first-order valence-electron chi connectivity index (χ1n) is 24.2. The quantitative estimate of drug-likeness (QED) is 0.166. The van der Waals surface area contributed by atoms with E-state index in [4.69, 9.17) is 13.3 Å². The third-order valence-corrected chi connectivity index (χ3v) is 17.2. The van der Waals surface area contributed by atoms with Crippen molar-refractivity contribution in [2.24, 2.45) is 17.8 Å². The predicted molar refractivity (Wildman–Crippen MR) is 274 cm³/mol. The Bertz CT molecular complexity index is 3950. The number of allylic oxidation sites excluding steroid dienone is 12. The lowest BCUT2D eigenvalue weighted by Crippen LogP contribution is -2.58. The molecule has 3 nitrogen and oxygen atoms in total. The Morgan fingerprint density at radius 2 is 0.866 bits per heavy atom. The van der Waals surface area contributed by atoms with E-state index in [-0.39, 0.29) is 41.3 Å². The van der Waals surface area contributed by atoms with Gasteiger partial charge in [-0.2, -0.15) is 0 Å². The maximum absolute atomic E-state index is 6.71. The molecule has 0 N–H and O–H groups in total. The fourth-order valence-corrected chi connectivity index (χ4v) is 15.2. The van der Waals surface area contributed by atoms with E-state index >= 15 is 0 Å². The van der Waals surface area contributed by atoms with Gasteiger partial charge in [-0.1, -0.05) is 187 Å². The van der Waals surface area contributed by atoms with Gasteiger partial charge >= 0.3 is 0 Å². The minimum atomic E-state index is 0.0527. The number of benzene rings is 7. The summed E-state index contributed by atoms with van der Waals surface area (Å²) in [5.74, 6) is 2.02. The van der Waals surface area contributed by atoms with Crippen molar-refractivity contribution in [1.29, 1.82) is 0 Å². The first kappa shape index (κ1) is 36.6. The van der Waals surface area contributed by atoms with Crippen molar-refractivity contribution in [1.82, 2.24) is 0 Å². The minimum Gasteiger partial charge on any atom is -0.456 e. The van der Waals surface area contributed by atoms with E-state index in [1.54, 1.807) is 16.7 Å². The van der Waals surface area contributed by atoms with Crippen LogP contribution in [0.25, 0.3) is 71.4 Å². The lowest BCUT2D eigenvalue weighted by molar-refractivity contribution is 0.312. The second-order valence-electron chi connectivity index (χ2n) is 20.0. The number of fused-ring (bicyclic) bond motifs is 9. The molecule has 6 heterocycles. The van der Waals surface area contributed by atoms with Gasteiger partial charge in [-0.3, -0.25) is 0 Å². The second-order valence-corrected chi connectivity index (χ2v) is 20.0. The molecule has 3 fully saturated rings. The third-order valence-electron chi connectivity index (χ3n) is 17.2. The van der Waals surface area contributed by atoms with Gasteiger partial charge in [-0.05, 0) is 105 Å². The number of hydrogen-bond donors (Lipinski definition) is 0. The van der Waals surface area contributed by atoms with Crippen LogP contribution in [0.1, 0.15) is 40.0 Å². The molecule has 16 rings (SSSR count). The van der Waals surface area contributed by atoms with Crippen molar-refractivity contribution in [3.05, 3.63) is 245 Å². The van der Waals surface area contributed by atoms with Crippen molar-refractivity contribution in [2.75, 3.05) is 0 Å². The highest BCUT2D eigenvalue weighted by molar-refractivity contribution is 6.68. The molecule has 0 bridgehead atoms. The van der Waals surface area contributed by atoms with Crippen LogP contribution in [0.2, 0.25) is 17.5 Å². The Morgan fingerprint density at radius 1 is 0.388 bits per heavy atom. The lowest BCUT2D eigenvalue weighted by Gasteiger charge is -2.64. The van der Waals surface area contributed by atoms with Crippen molar-refractivity contribution in [2.45, 2.75) is 35.2 Å². The Labute approximate surface area is 387 Å². The molecule has 0 saturated carbocycles. The molecule has 10 aromatic rings. The van der Waals surface area contributed by atoms with Crippen LogP contribution in [0.4, 0.5) is 0 Å². The zero-order valence-electron chi connectivity index (χ0n) is 36.6. The topological polar surface area (TPSA) is 39.4 Å². The zero-order chi connectivity index (χ0) is 43.5. The maximum atomic E-state index is 6.71. The van der Waals surface area contributed by atoms with Gasteiger partial charge in [0.05, 0.1) is 0 Å². The Kier molecular flexibility index (Phi) is 7.39. The average Bonchev–Trinajstić information content (AvgIpc) is 4.09. The van der Waals surface area contributed by atoms with Crippen LogP contribution < -0.4 is 0 Å². The summed E-state index contributed by atoms with van der Waals surface area (Å²) >= 11 is 0. The predicted octanol–water partition coefficient (Wildman–Crippen LogP) is 16.5. The van der Waals surface area contributed by atoms with E-state index in [1.807, 2.05) is 0 Å². The van der Waals surface area contributed by atoms with Gasteiger partial charge in [0, 0.05) is 44.2 Å². The van der Waals surface area contributed by atoms with Gasteiger partial charge in [0.2, 0.25) is 0 Å². The smallest absolute Gasteiger partial charge is 0.165 e. The number of rotatable bonds is 4. The van der Waals surface area contributed by atoms with E-state index in [9.17, 15) is 0 Å². The summed E-state index contributed by atoms with van der Waals surface area (Å²) in [5.41, 5.74) is 17.1. The second kappa shape index (κ2) is 13.5. The lowest BCUT2D eigenvalue weighted by atomic mass is 9.12. The Balaban J connectivity index is 1.01.